The molecule has 7 heteroatoms. The van der Waals surface area contributed by atoms with Crippen LogP contribution < -0.4 is 5.32 Å². The van der Waals surface area contributed by atoms with Gasteiger partial charge in [0.1, 0.15) is 0 Å². The Morgan fingerprint density at radius 3 is 2.90 bits per heavy atom. The molecule has 1 saturated heterocycles. The minimum atomic E-state index is -2.88. The summed E-state index contributed by atoms with van der Waals surface area (Å²) < 4.78 is 22.7. The van der Waals surface area contributed by atoms with Crippen molar-refractivity contribution in [1.82, 2.24) is 0 Å². The summed E-state index contributed by atoms with van der Waals surface area (Å²) in [4.78, 5) is 11.9. The van der Waals surface area contributed by atoms with E-state index >= 15 is 0 Å². The van der Waals surface area contributed by atoms with Crippen LogP contribution in [0, 0.1) is 6.92 Å². The number of carbonyl (C=O) groups is 1. The predicted molar refractivity (Wildman–Crippen MR) is 84.3 cm³/mol. The van der Waals surface area contributed by atoms with Gasteiger partial charge in [0, 0.05) is 16.0 Å². The highest BCUT2D eigenvalue weighted by Crippen LogP contribution is 2.25. The first-order valence-electron chi connectivity index (χ1n) is 6.24. The highest BCUT2D eigenvalue weighted by atomic mass is 35.5. The highest BCUT2D eigenvalue weighted by molar-refractivity contribution is 8.02. The Kier molecular flexibility index (Phi) is 4.99. The van der Waals surface area contributed by atoms with Crippen LogP contribution in [-0.2, 0) is 14.6 Å². The third-order valence-electron chi connectivity index (χ3n) is 3.11. The van der Waals surface area contributed by atoms with Crippen LogP contribution in [0.5, 0.6) is 0 Å². The summed E-state index contributed by atoms with van der Waals surface area (Å²) in [7, 11) is -2.88. The first kappa shape index (κ1) is 15.7. The Morgan fingerprint density at radius 1 is 1.50 bits per heavy atom. The van der Waals surface area contributed by atoms with Crippen LogP contribution in [0.15, 0.2) is 18.2 Å². The van der Waals surface area contributed by atoms with Crippen LogP contribution in [0.3, 0.4) is 0 Å². The average Bonchev–Trinajstić information content (AvgIpc) is 2.71. The molecule has 1 amide bonds. The maximum atomic E-state index is 11.9. The second-order valence-corrected chi connectivity index (χ2v) is 8.80. The molecule has 1 aromatic rings. The molecular weight excluding hydrogens is 318 g/mol. The molecule has 1 unspecified atom stereocenters. The first-order valence-corrected chi connectivity index (χ1v) is 9.48. The zero-order valence-electron chi connectivity index (χ0n) is 11.1. The highest BCUT2D eigenvalue weighted by Gasteiger charge is 2.28. The summed E-state index contributed by atoms with van der Waals surface area (Å²) in [6.45, 7) is 1.89. The van der Waals surface area contributed by atoms with Gasteiger partial charge in [0.15, 0.2) is 9.84 Å². The molecule has 1 aliphatic heterocycles. The van der Waals surface area contributed by atoms with Crippen molar-refractivity contribution in [3.05, 3.63) is 28.8 Å². The van der Waals surface area contributed by atoms with E-state index in [1.54, 1.807) is 12.1 Å². The van der Waals surface area contributed by atoms with Gasteiger partial charge in [0.2, 0.25) is 5.91 Å². The van der Waals surface area contributed by atoms with E-state index in [0.29, 0.717) is 17.1 Å². The monoisotopic (exact) mass is 333 g/mol. The number of hydrogen-bond acceptors (Lipinski definition) is 4. The van der Waals surface area contributed by atoms with Gasteiger partial charge in [-0.2, -0.15) is 0 Å². The summed E-state index contributed by atoms with van der Waals surface area (Å²) in [5.41, 5.74) is 1.64. The van der Waals surface area contributed by atoms with Crippen molar-refractivity contribution in [2.45, 2.75) is 18.6 Å². The summed E-state index contributed by atoms with van der Waals surface area (Å²) >= 11 is 7.29. The van der Waals surface area contributed by atoms with E-state index in [4.69, 9.17) is 11.6 Å². The summed E-state index contributed by atoms with van der Waals surface area (Å²) in [6, 6.07) is 5.32. The number of benzene rings is 1. The van der Waals surface area contributed by atoms with Crippen LogP contribution in [0.2, 0.25) is 5.02 Å². The minimum absolute atomic E-state index is 0.0335. The lowest BCUT2D eigenvalue weighted by Crippen LogP contribution is -2.17. The SMILES string of the molecule is Cc1ccc(Cl)cc1NC(=O)CSC1CCS(=O)(=O)C1. The van der Waals surface area contributed by atoms with Crippen molar-refractivity contribution >= 4 is 44.8 Å². The van der Waals surface area contributed by atoms with E-state index in [1.165, 1.54) is 11.8 Å². The maximum Gasteiger partial charge on any atom is 0.234 e. The Balaban J connectivity index is 1.85. The number of thioether (sulfide) groups is 1. The molecule has 20 heavy (non-hydrogen) atoms. The molecule has 4 nitrogen and oxygen atoms in total. The molecule has 0 bridgehead atoms. The fraction of sp³-hybridized carbons (Fsp3) is 0.462. The molecule has 0 spiro atoms. The molecule has 0 radical (unpaired) electrons. The van der Waals surface area contributed by atoms with Crippen LogP contribution in [0.4, 0.5) is 5.69 Å². The Hall–Kier alpha value is -0.720. The first-order chi connectivity index (χ1) is 9.35. The molecule has 1 aromatic carbocycles. The number of carbonyl (C=O) groups excluding carboxylic acids is 1. The van der Waals surface area contributed by atoms with Crippen LogP contribution in [0.25, 0.3) is 0 Å². The fourth-order valence-corrected chi connectivity index (χ4v) is 5.62. The molecule has 2 rings (SSSR count). The number of nitrogens with one attached hydrogen (secondary N) is 1. The number of hydrogen-bond donors (Lipinski definition) is 1. The third kappa shape index (κ3) is 4.40. The molecule has 0 saturated carbocycles. The van der Waals surface area contributed by atoms with Gasteiger partial charge in [-0.15, -0.1) is 11.8 Å². The van der Waals surface area contributed by atoms with E-state index in [1.807, 2.05) is 13.0 Å². The Morgan fingerprint density at radius 2 is 2.25 bits per heavy atom. The van der Waals surface area contributed by atoms with E-state index in [-0.39, 0.29) is 28.4 Å². The lowest BCUT2D eigenvalue weighted by Gasteiger charge is -2.10. The number of sulfone groups is 1. The molecule has 0 aliphatic carbocycles. The Bertz CT molecular complexity index is 616. The molecular formula is C13H16ClNO3S2. The number of rotatable bonds is 4. The number of anilines is 1. The molecule has 1 N–H and O–H groups in total. The van der Waals surface area contributed by atoms with Gasteiger partial charge in [0.25, 0.3) is 0 Å². The largest absolute Gasteiger partial charge is 0.325 e. The predicted octanol–water partition coefficient (Wildman–Crippen LogP) is 2.51. The molecule has 110 valence electrons. The average molecular weight is 334 g/mol. The maximum absolute atomic E-state index is 11.9. The summed E-state index contributed by atoms with van der Waals surface area (Å²) in [5.74, 6) is 0.539. The topological polar surface area (TPSA) is 63.2 Å². The summed E-state index contributed by atoms with van der Waals surface area (Å²) in [5, 5.41) is 3.41. The molecule has 0 aromatic heterocycles. The number of amides is 1. The van der Waals surface area contributed by atoms with E-state index < -0.39 is 9.84 Å². The quantitative estimate of drug-likeness (QED) is 0.919. The van der Waals surface area contributed by atoms with Crippen molar-refractivity contribution in [2.24, 2.45) is 0 Å². The molecule has 1 atom stereocenters. The molecule has 1 fully saturated rings. The van der Waals surface area contributed by atoms with Crippen LogP contribution in [0.1, 0.15) is 12.0 Å². The van der Waals surface area contributed by atoms with Gasteiger partial charge in [0.05, 0.1) is 17.3 Å². The zero-order chi connectivity index (χ0) is 14.8. The Labute approximate surface area is 128 Å². The van der Waals surface area contributed by atoms with E-state index in [0.717, 1.165) is 5.56 Å². The summed E-state index contributed by atoms with van der Waals surface area (Å²) in [6.07, 6.45) is 0.635. The van der Waals surface area contributed by atoms with Crippen LogP contribution in [-0.4, -0.2) is 36.8 Å². The lowest BCUT2D eigenvalue weighted by atomic mass is 10.2. The van der Waals surface area contributed by atoms with Gasteiger partial charge in [-0.05, 0) is 31.0 Å². The van der Waals surface area contributed by atoms with Crippen molar-refractivity contribution in [2.75, 3.05) is 22.6 Å². The van der Waals surface area contributed by atoms with Crippen molar-refractivity contribution in [3.8, 4) is 0 Å². The molecule has 1 heterocycles. The van der Waals surface area contributed by atoms with Crippen molar-refractivity contribution in [3.63, 3.8) is 0 Å². The number of halogens is 1. The van der Waals surface area contributed by atoms with E-state index in [2.05, 4.69) is 5.32 Å². The van der Waals surface area contributed by atoms with Gasteiger partial charge >= 0.3 is 0 Å². The second-order valence-electron chi connectivity index (χ2n) is 4.84. The fourth-order valence-electron chi connectivity index (χ4n) is 2.00. The standard InChI is InChI=1S/C13H16ClNO3S2/c1-9-2-3-10(14)6-12(9)15-13(16)7-19-11-4-5-20(17,18)8-11/h2-3,6,11H,4-5,7-8H2,1H3,(H,15,16). The third-order valence-corrected chi connectivity index (χ3v) is 6.63. The lowest BCUT2D eigenvalue weighted by molar-refractivity contribution is -0.113. The van der Waals surface area contributed by atoms with Crippen molar-refractivity contribution in [1.29, 1.82) is 0 Å². The normalized spacial score (nSPS) is 20.8. The van der Waals surface area contributed by atoms with E-state index in [9.17, 15) is 13.2 Å². The van der Waals surface area contributed by atoms with Gasteiger partial charge < -0.3 is 5.32 Å². The van der Waals surface area contributed by atoms with Gasteiger partial charge in [-0.25, -0.2) is 8.42 Å². The minimum Gasteiger partial charge on any atom is -0.325 e. The van der Waals surface area contributed by atoms with Gasteiger partial charge in [-0.1, -0.05) is 17.7 Å². The molecule has 1 aliphatic rings. The second kappa shape index (κ2) is 6.37. The van der Waals surface area contributed by atoms with Crippen molar-refractivity contribution < 1.29 is 13.2 Å². The van der Waals surface area contributed by atoms with Crippen LogP contribution >= 0.6 is 23.4 Å². The van der Waals surface area contributed by atoms with Gasteiger partial charge in [-0.3, -0.25) is 4.79 Å². The number of aryl methyl sites for hydroxylation is 1. The zero-order valence-corrected chi connectivity index (χ0v) is 13.4. The smallest absolute Gasteiger partial charge is 0.234 e.